The Morgan fingerprint density at radius 3 is 2.88 bits per heavy atom. The SMILES string of the molecule is COc1ccccc1[C@@H]1C=CCCCCC1. The van der Waals surface area contributed by atoms with Crippen molar-refractivity contribution < 1.29 is 4.74 Å². The Morgan fingerprint density at radius 1 is 1.12 bits per heavy atom. The quantitative estimate of drug-likeness (QED) is 0.670. The molecule has 1 atom stereocenters. The second kappa shape index (κ2) is 5.74. The third-order valence-corrected chi connectivity index (χ3v) is 3.29. The van der Waals surface area contributed by atoms with E-state index in [1.807, 2.05) is 6.07 Å². The molecule has 1 heteroatoms. The van der Waals surface area contributed by atoms with E-state index in [9.17, 15) is 0 Å². The molecule has 1 aliphatic rings. The largest absolute Gasteiger partial charge is 0.496 e. The maximum Gasteiger partial charge on any atom is 0.122 e. The monoisotopic (exact) mass is 216 g/mol. The van der Waals surface area contributed by atoms with Gasteiger partial charge in [0, 0.05) is 11.5 Å². The third kappa shape index (κ3) is 2.66. The van der Waals surface area contributed by atoms with Gasteiger partial charge in [0.1, 0.15) is 5.75 Å². The Labute approximate surface area is 98.1 Å². The summed E-state index contributed by atoms with van der Waals surface area (Å²) in [6.45, 7) is 0. The summed E-state index contributed by atoms with van der Waals surface area (Å²) in [5.74, 6) is 1.56. The molecule has 0 saturated heterocycles. The molecule has 2 rings (SSSR count). The van der Waals surface area contributed by atoms with Crippen LogP contribution >= 0.6 is 0 Å². The summed E-state index contributed by atoms with van der Waals surface area (Å²) in [5.41, 5.74) is 1.34. The zero-order chi connectivity index (χ0) is 11.2. The van der Waals surface area contributed by atoms with Crippen LogP contribution in [-0.2, 0) is 0 Å². The average Bonchev–Trinajstić information content (AvgIpc) is 2.29. The van der Waals surface area contributed by atoms with E-state index < -0.39 is 0 Å². The number of allylic oxidation sites excluding steroid dienone is 2. The van der Waals surface area contributed by atoms with Crippen LogP contribution in [0.2, 0.25) is 0 Å². The topological polar surface area (TPSA) is 9.23 Å². The van der Waals surface area contributed by atoms with Gasteiger partial charge in [-0.1, -0.05) is 43.2 Å². The van der Waals surface area contributed by atoms with E-state index in [-0.39, 0.29) is 0 Å². The minimum absolute atomic E-state index is 0.538. The number of benzene rings is 1. The second-order valence-electron chi connectivity index (χ2n) is 4.41. The average molecular weight is 216 g/mol. The van der Waals surface area contributed by atoms with Crippen molar-refractivity contribution in [2.24, 2.45) is 0 Å². The normalized spacial score (nSPS) is 21.2. The maximum absolute atomic E-state index is 5.44. The molecule has 0 radical (unpaired) electrons. The number of methoxy groups -OCH3 is 1. The molecule has 0 bridgehead atoms. The summed E-state index contributed by atoms with van der Waals surface area (Å²) in [4.78, 5) is 0. The first-order chi connectivity index (χ1) is 7.92. The Balaban J connectivity index is 2.23. The van der Waals surface area contributed by atoms with Gasteiger partial charge in [-0.05, 0) is 25.3 Å². The predicted octanol–water partition coefficient (Wildman–Crippen LogP) is 4.30. The molecule has 0 aliphatic heterocycles. The minimum Gasteiger partial charge on any atom is -0.496 e. The smallest absolute Gasteiger partial charge is 0.122 e. The van der Waals surface area contributed by atoms with Gasteiger partial charge in [0.2, 0.25) is 0 Å². The lowest BCUT2D eigenvalue weighted by atomic mass is 9.90. The summed E-state index contributed by atoms with van der Waals surface area (Å²) >= 11 is 0. The number of hydrogen-bond donors (Lipinski definition) is 0. The molecule has 0 spiro atoms. The van der Waals surface area contributed by atoms with Gasteiger partial charge in [-0.2, -0.15) is 0 Å². The highest BCUT2D eigenvalue weighted by Gasteiger charge is 2.13. The predicted molar refractivity (Wildman–Crippen MR) is 68.0 cm³/mol. The first kappa shape index (κ1) is 11.3. The Bertz CT molecular complexity index is 354. The van der Waals surface area contributed by atoms with Gasteiger partial charge < -0.3 is 4.74 Å². The van der Waals surface area contributed by atoms with Crippen LogP contribution in [0.3, 0.4) is 0 Å². The van der Waals surface area contributed by atoms with Gasteiger partial charge in [0.25, 0.3) is 0 Å². The van der Waals surface area contributed by atoms with Crippen LogP contribution in [0.5, 0.6) is 5.75 Å². The molecule has 1 aliphatic carbocycles. The number of rotatable bonds is 2. The fourth-order valence-corrected chi connectivity index (χ4v) is 2.39. The van der Waals surface area contributed by atoms with Gasteiger partial charge in [0.05, 0.1) is 7.11 Å². The lowest BCUT2D eigenvalue weighted by molar-refractivity contribution is 0.406. The minimum atomic E-state index is 0.538. The van der Waals surface area contributed by atoms with E-state index in [4.69, 9.17) is 4.74 Å². The number of para-hydroxylation sites is 1. The van der Waals surface area contributed by atoms with E-state index in [0.717, 1.165) is 5.75 Å². The summed E-state index contributed by atoms with van der Waals surface area (Å²) in [6, 6.07) is 8.39. The van der Waals surface area contributed by atoms with Crippen molar-refractivity contribution in [1.82, 2.24) is 0 Å². The summed E-state index contributed by atoms with van der Waals surface area (Å²) in [7, 11) is 1.76. The maximum atomic E-state index is 5.44. The molecule has 0 amide bonds. The van der Waals surface area contributed by atoms with Crippen LogP contribution in [0.15, 0.2) is 36.4 Å². The highest BCUT2D eigenvalue weighted by Crippen LogP contribution is 2.32. The van der Waals surface area contributed by atoms with Crippen molar-refractivity contribution in [3.63, 3.8) is 0 Å². The molecule has 0 heterocycles. The summed E-state index contributed by atoms with van der Waals surface area (Å²) in [5, 5.41) is 0. The van der Waals surface area contributed by atoms with Gasteiger partial charge in [-0.15, -0.1) is 0 Å². The van der Waals surface area contributed by atoms with E-state index in [0.29, 0.717) is 5.92 Å². The van der Waals surface area contributed by atoms with Gasteiger partial charge >= 0.3 is 0 Å². The molecule has 0 fully saturated rings. The Morgan fingerprint density at radius 2 is 2.00 bits per heavy atom. The summed E-state index contributed by atoms with van der Waals surface area (Å²) < 4.78 is 5.44. The van der Waals surface area contributed by atoms with Crippen molar-refractivity contribution in [2.45, 2.75) is 38.0 Å². The lowest BCUT2D eigenvalue weighted by Gasteiger charge is -2.18. The van der Waals surface area contributed by atoms with E-state index in [2.05, 4.69) is 30.4 Å². The van der Waals surface area contributed by atoms with Crippen LogP contribution in [-0.4, -0.2) is 7.11 Å². The molecule has 0 unspecified atom stereocenters. The van der Waals surface area contributed by atoms with Crippen LogP contribution in [0.4, 0.5) is 0 Å². The van der Waals surface area contributed by atoms with E-state index in [1.54, 1.807) is 7.11 Å². The molecule has 16 heavy (non-hydrogen) atoms. The van der Waals surface area contributed by atoms with Crippen LogP contribution in [0.1, 0.15) is 43.6 Å². The molecule has 0 aromatic heterocycles. The van der Waals surface area contributed by atoms with Crippen molar-refractivity contribution in [1.29, 1.82) is 0 Å². The highest BCUT2D eigenvalue weighted by atomic mass is 16.5. The first-order valence-corrected chi connectivity index (χ1v) is 6.21. The zero-order valence-electron chi connectivity index (χ0n) is 9.99. The van der Waals surface area contributed by atoms with E-state index >= 15 is 0 Å². The molecule has 0 N–H and O–H groups in total. The molecule has 1 aromatic carbocycles. The number of hydrogen-bond acceptors (Lipinski definition) is 1. The fraction of sp³-hybridized carbons (Fsp3) is 0.467. The van der Waals surface area contributed by atoms with Crippen LogP contribution in [0, 0.1) is 0 Å². The lowest BCUT2D eigenvalue weighted by Crippen LogP contribution is -2.00. The zero-order valence-corrected chi connectivity index (χ0v) is 9.99. The van der Waals surface area contributed by atoms with Crippen molar-refractivity contribution in [3.8, 4) is 5.75 Å². The van der Waals surface area contributed by atoms with Crippen molar-refractivity contribution in [2.75, 3.05) is 7.11 Å². The highest BCUT2D eigenvalue weighted by molar-refractivity contribution is 5.38. The van der Waals surface area contributed by atoms with Crippen molar-refractivity contribution in [3.05, 3.63) is 42.0 Å². The van der Waals surface area contributed by atoms with Crippen LogP contribution < -0.4 is 4.74 Å². The van der Waals surface area contributed by atoms with Gasteiger partial charge in [0.15, 0.2) is 0 Å². The Hall–Kier alpha value is -1.24. The van der Waals surface area contributed by atoms with Crippen LogP contribution in [0.25, 0.3) is 0 Å². The molecular formula is C15H20O. The number of ether oxygens (including phenoxy) is 1. The summed E-state index contributed by atoms with van der Waals surface area (Å²) in [6.07, 6.45) is 11.2. The third-order valence-electron chi connectivity index (χ3n) is 3.29. The molecule has 86 valence electrons. The molecule has 1 aromatic rings. The Kier molecular flexibility index (Phi) is 4.03. The fourth-order valence-electron chi connectivity index (χ4n) is 2.39. The van der Waals surface area contributed by atoms with Gasteiger partial charge in [-0.25, -0.2) is 0 Å². The second-order valence-corrected chi connectivity index (χ2v) is 4.41. The first-order valence-electron chi connectivity index (χ1n) is 6.21. The van der Waals surface area contributed by atoms with Gasteiger partial charge in [-0.3, -0.25) is 0 Å². The molecular weight excluding hydrogens is 196 g/mol. The standard InChI is InChI=1S/C15H20O/c1-16-15-12-8-7-11-14(15)13-9-5-3-2-4-6-10-13/h5,7-9,11-13H,2-4,6,10H2,1H3/t13-/m1/s1. The van der Waals surface area contributed by atoms with E-state index in [1.165, 1.54) is 37.7 Å². The molecule has 0 saturated carbocycles. The molecule has 1 nitrogen and oxygen atoms in total. The van der Waals surface area contributed by atoms with Crippen molar-refractivity contribution >= 4 is 0 Å².